The fourth-order valence-electron chi connectivity index (χ4n) is 1.80. The number of hydrogen-bond donors (Lipinski definition) is 1. The van der Waals surface area contributed by atoms with Gasteiger partial charge in [0, 0.05) is 36.2 Å². The minimum Gasteiger partial charge on any atom is -0.334 e. The van der Waals surface area contributed by atoms with E-state index in [0.29, 0.717) is 0 Å². The number of imidazole rings is 1. The maximum Gasteiger partial charge on any atom is 0.106 e. The molecule has 0 bridgehead atoms. The van der Waals surface area contributed by atoms with E-state index < -0.39 is 0 Å². The van der Waals surface area contributed by atoms with E-state index in [1.807, 2.05) is 39.1 Å². The first-order chi connectivity index (χ1) is 8.46. The molecule has 0 atom stereocenters. The highest BCUT2D eigenvalue weighted by atomic mass is 15.1. The number of hydrogen-bond acceptors (Lipinski definition) is 3. The third kappa shape index (κ3) is 3.17. The molecule has 2 aromatic heterocycles. The topological polar surface area (TPSA) is 56.7 Å². The van der Waals surface area contributed by atoms with E-state index >= 15 is 0 Å². The van der Waals surface area contributed by atoms with E-state index in [1.54, 1.807) is 6.20 Å². The van der Waals surface area contributed by atoms with E-state index in [0.717, 1.165) is 30.0 Å². The predicted octanol–water partition coefficient (Wildman–Crippen LogP) is 2.38. The van der Waals surface area contributed by atoms with Crippen LogP contribution in [0.1, 0.15) is 26.1 Å². The Hall–Kier alpha value is -1.68. The third-order valence-electron chi connectivity index (χ3n) is 2.93. The molecule has 96 valence electrons. The molecule has 0 aliphatic heterocycles. The average molecular weight is 244 g/mol. The molecule has 2 N–H and O–H groups in total. The van der Waals surface area contributed by atoms with Crippen LogP contribution in [0, 0.1) is 6.92 Å². The van der Waals surface area contributed by atoms with E-state index in [4.69, 9.17) is 5.73 Å². The first kappa shape index (κ1) is 12.8. The second-order valence-corrected chi connectivity index (χ2v) is 5.35. The van der Waals surface area contributed by atoms with Crippen LogP contribution < -0.4 is 5.73 Å². The molecule has 0 radical (unpaired) electrons. The molecule has 0 aliphatic carbocycles. The van der Waals surface area contributed by atoms with Gasteiger partial charge in [-0.25, -0.2) is 4.98 Å². The van der Waals surface area contributed by atoms with Crippen molar-refractivity contribution >= 4 is 0 Å². The summed E-state index contributed by atoms with van der Waals surface area (Å²) in [6.07, 6.45) is 6.60. The zero-order valence-electron chi connectivity index (χ0n) is 11.2. The van der Waals surface area contributed by atoms with Crippen molar-refractivity contribution in [3.8, 4) is 11.3 Å². The molecule has 2 rings (SSSR count). The van der Waals surface area contributed by atoms with Crippen LogP contribution in [0.4, 0.5) is 0 Å². The maximum atomic E-state index is 6.01. The first-order valence-corrected chi connectivity index (χ1v) is 6.19. The van der Waals surface area contributed by atoms with Crippen LogP contribution in [0.5, 0.6) is 0 Å². The highest BCUT2D eigenvalue weighted by Gasteiger charge is 2.12. The molecule has 4 heteroatoms. The molecule has 0 aliphatic rings. The molecule has 4 nitrogen and oxygen atoms in total. The second kappa shape index (κ2) is 4.90. The van der Waals surface area contributed by atoms with Gasteiger partial charge in [-0.05, 0) is 39.3 Å². The zero-order chi connectivity index (χ0) is 13.2. The Morgan fingerprint density at radius 2 is 2.17 bits per heavy atom. The predicted molar refractivity (Wildman–Crippen MR) is 73.1 cm³/mol. The fourth-order valence-corrected chi connectivity index (χ4v) is 1.80. The van der Waals surface area contributed by atoms with Crippen LogP contribution in [0.3, 0.4) is 0 Å². The SMILES string of the molecule is Cc1nc(-c2cccnc2)cn1CCC(C)(C)N. The minimum atomic E-state index is -0.148. The Kier molecular flexibility index (Phi) is 3.48. The summed E-state index contributed by atoms with van der Waals surface area (Å²) in [6.45, 7) is 6.99. The highest BCUT2D eigenvalue weighted by molar-refractivity contribution is 5.56. The van der Waals surface area contributed by atoms with Crippen molar-refractivity contribution in [2.45, 2.75) is 39.3 Å². The normalized spacial score (nSPS) is 11.8. The van der Waals surface area contributed by atoms with Gasteiger partial charge >= 0.3 is 0 Å². The number of aryl methyl sites for hydroxylation is 2. The van der Waals surface area contributed by atoms with Crippen molar-refractivity contribution in [1.82, 2.24) is 14.5 Å². The molecule has 0 aromatic carbocycles. The summed E-state index contributed by atoms with van der Waals surface area (Å²) in [7, 11) is 0. The van der Waals surface area contributed by atoms with Gasteiger partial charge in [0.25, 0.3) is 0 Å². The smallest absolute Gasteiger partial charge is 0.106 e. The Labute approximate surface area is 108 Å². The summed E-state index contributed by atoms with van der Waals surface area (Å²) in [4.78, 5) is 8.68. The number of nitrogens with two attached hydrogens (primary N) is 1. The summed E-state index contributed by atoms with van der Waals surface area (Å²) < 4.78 is 2.15. The quantitative estimate of drug-likeness (QED) is 0.898. The van der Waals surface area contributed by atoms with Gasteiger partial charge in [0.15, 0.2) is 0 Å². The van der Waals surface area contributed by atoms with Gasteiger partial charge in [-0.1, -0.05) is 0 Å². The molecule has 0 spiro atoms. The highest BCUT2D eigenvalue weighted by Crippen LogP contribution is 2.18. The molecule has 0 amide bonds. The standard InChI is InChI=1S/C14H20N4/c1-11-17-13(12-5-4-7-16-9-12)10-18(11)8-6-14(2,3)15/h4-5,7,9-10H,6,8,15H2,1-3H3. The number of aromatic nitrogens is 3. The molecule has 0 saturated heterocycles. The Morgan fingerprint density at radius 1 is 1.39 bits per heavy atom. The first-order valence-electron chi connectivity index (χ1n) is 6.19. The summed E-state index contributed by atoms with van der Waals surface area (Å²) in [5, 5.41) is 0. The van der Waals surface area contributed by atoms with Crippen molar-refractivity contribution < 1.29 is 0 Å². The largest absolute Gasteiger partial charge is 0.334 e. The van der Waals surface area contributed by atoms with Gasteiger partial charge in [0.2, 0.25) is 0 Å². The van der Waals surface area contributed by atoms with Crippen molar-refractivity contribution in [2.75, 3.05) is 0 Å². The average Bonchev–Trinajstić information content (AvgIpc) is 2.68. The molecule has 0 unspecified atom stereocenters. The lowest BCUT2D eigenvalue weighted by Gasteiger charge is -2.18. The van der Waals surface area contributed by atoms with Crippen LogP contribution >= 0.6 is 0 Å². The Morgan fingerprint density at radius 3 is 2.78 bits per heavy atom. The molecular formula is C14H20N4. The third-order valence-corrected chi connectivity index (χ3v) is 2.93. The molecule has 2 aromatic rings. The van der Waals surface area contributed by atoms with Crippen LogP contribution in [0.15, 0.2) is 30.7 Å². The summed E-state index contributed by atoms with van der Waals surface area (Å²) in [6, 6.07) is 3.94. The summed E-state index contributed by atoms with van der Waals surface area (Å²) >= 11 is 0. The molecule has 0 saturated carbocycles. The lowest BCUT2D eigenvalue weighted by Crippen LogP contribution is -2.33. The van der Waals surface area contributed by atoms with E-state index in [1.165, 1.54) is 0 Å². The zero-order valence-corrected chi connectivity index (χ0v) is 11.2. The fraction of sp³-hybridized carbons (Fsp3) is 0.429. The van der Waals surface area contributed by atoms with E-state index in [-0.39, 0.29) is 5.54 Å². The van der Waals surface area contributed by atoms with Crippen LogP contribution in [0.2, 0.25) is 0 Å². The van der Waals surface area contributed by atoms with Crippen molar-refractivity contribution in [3.63, 3.8) is 0 Å². The maximum absolute atomic E-state index is 6.01. The van der Waals surface area contributed by atoms with Crippen molar-refractivity contribution in [2.24, 2.45) is 5.73 Å². The number of pyridine rings is 1. The molecule has 0 fully saturated rings. The van der Waals surface area contributed by atoms with Crippen LogP contribution in [-0.2, 0) is 6.54 Å². The number of rotatable bonds is 4. The Balaban J connectivity index is 2.17. The van der Waals surface area contributed by atoms with Crippen LogP contribution in [0.25, 0.3) is 11.3 Å². The van der Waals surface area contributed by atoms with Gasteiger partial charge in [-0.3, -0.25) is 4.98 Å². The van der Waals surface area contributed by atoms with E-state index in [2.05, 4.69) is 20.7 Å². The second-order valence-electron chi connectivity index (χ2n) is 5.35. The molecule has 2 heterocycles. The van der Waals surface area contributed by atoms with Crippen molar-refractivity contribution in [1.29, 1.82) is 0 Å². The van der Waals surface area contributed by atoms with Gasteiger partial charge in [-0.2, -0.15) is 0 Å². The monoisotopic (exact) mass is 244 g/mol. The van der Waals surface area contributed by atoms with E-state index in [9.17, 15) is 0 Å². The van der Waals surface area contributed by atoms with Gasteiger partial charge in [0.05, 0.1) is 5.69 Å². The van der Waals surface area contributed by atoms with Gasteiger partial charge < -0.3 is 10.3 Å². The minimum absolute atomic E-state index is 0.148. The molecular weight excluding hydrogens is 224 g/mol. The summed E-state index contributed by atoms with van der Waals surface area (Å²) in [5.74, 6) is 1.01. The van der Waals surface area contributed by atoms with Crippen molar-refractivity contribution in [3.05, 3.63) is 36.5 Å². The lowest BCUT2D eigenvalue weighted by molar-refractivity contribution is 0.433. The molecule has 18 heavy (non-hydrogen) atoms. The summed E-state index contributed by atoms with van der Waals surface area (Å²) in [5.41, 5.74) is 7.88. The van der Waals surface area contributed by atoms with Crippen LogP contribution in [-0.4, -0.2) is 20.1 Å². The Bertz CT molecular complexity index is 508. The van der Waals surface area contributed by atoms with Gasteiger partial charge in [-0.15, -0.1) is 0 Å². The van der Waals surface area contributed by atoms with Gasteiger partial charge in [0.1, 0.15) is 5.82 Å². The lowest BCUT2D eigenvalue weighted by atomic mass is 10.0. The number of nitrogens with zero attached hydrogens (tertiary/aromatic N) is 3.